The van der Waals surface area contributed by atoms with Gasteiger partial charge in [-0.1, -0.05) is 51.5 Å². The molecule has 4 nitrogen and oxygen atoms in total. The Labute approximate surface area is 146 Å². The van der Waals surface area contributed by atoms with Gasteiger partial charge in [0, 0.05) is 0 Å². The highest BCUT2D eigenvalue weighted by molar-refractivity contribution is 7.85. The van der Waals surface area contributed by atoms with Crippen molar-refractivity contribution in [1.82, 2.24) is 0 Å². The van der Waals surface area contributed by atoms with Crippen molar-refractivity contribution in [3.8, 4) is 5.75 Å². The molecule has 0 aliphatic rings. The maximum Gasteiger partial charge on any atom is 0.264 e. The average molecular weight is 355 g/mol. The summed E-state index contributed by atoms with van der Waals surface area (Å²) < 4.78 is 35.6. The molecule has 0 radical (unpaired) electrons. The van der Waals surface area contributed by atoms with Gasteiger partial charge >= 0.3 is 0 Å². The normalized spacial score (nSPS) is 14.0. The third-order valence-corrected chi connectivity index (χ3v) is 4.56. The van der Waals surface area contributed by atoms with Crippen molar-refractivity contribution in [3.63, 3.8) is 0 Å². The molecule has 5 heteroatoms. The molecule has 1 aromatic rings. The van der Waals surface area contributed by atoms with Crippen LogP contribution in [0.15, 0.2) is 36.4 Å². The van der Waals surface area contributed by atoms with Crippen LogP contribution in [0.5, 0.6) is 5.75 Å². The molecule has 136 valence electrons. The summed E-state index contributed by atoms with van der Waals surface area (Å²) in [6.07, 6.45) is 7.51. The minimum atomic E-state index is -3.86. The van der Waals surface area contributed by atoms with E-state index in [1.807, 2.05) is 12.1 Å². The number of allylic oxidation sites excluding steroid dienone is 2. The van der Waals surface area contributed by atoms with Gasteiger partial charge in [-0.3, -0.25) is 4.55 Å². The van der Waals surface area contributed by atoms with Crippen LogP contribution < -0.4 is 4.74 Å². The van der Waals surface area contributed by atoms with Gasteiger partial charge in [0.2, 0.25) is 0 Å². The zero-order valence-corrected chi connectivity index (χ0v) is 16.0. The first-order chi connectivity index (χ1) is 11.1. The second kappa shape index (κ2) is 9.23. The Hall–Kier alpha value is -1.33. The topological polar surface area (TPSA) is 63.6 Å². The molecule has 0 bridgehead atoms. The molecule has 0 amide bonds. The van der Waals surface area contributed by atoms with Crippen LogP contribution in [0.2, 0.25) is 0 Å². The lowest BCUT2D eigenvalue weighted by Gasteiger charge is -2.17. The number of methoxy groups -OCH3 is 1. The molecule has 1 atom stereocenters. The third-order valence-electron chi connectivity index (χ3n) is 3.75. The highest BCUT2D eigenvalue weighted by atomic mass is 32.2. The predicted molar refractivity (Wildman–Crippen MR) is 99.0 cm³/mol. The number of rotatable bonds is 9. The number of ether oxygens (including phenoxy) is 1. The van der Waals surface area contributed by atoms with Crippen molar-refractivity contribution >= 4 is 10.1 Å². The number of hydrogen-bond acceptors (Lipinski definition) is 3. The molecule has 0 fully saturated rings. The Bertz CT molecular complexity index is 610. The highest BCUT2D eigenvalue weighted by Crippen LogP contribution is 2.23. The zero-order chi connectivity index (χ0) is 18.2. The van der Waals surface area contributed by atoms with Crippen LogP contribution in [0.25, 0.3) is 0 Å². The molecule has 1 rings (SSSR count). The van der Waals surface area contributed by atoms with E-state index in [1.165, 1.54) is 5.56 Å². The maximum atomic E-state index is 10.8. The molecule has 0 aromatic heterocycles. The Morgan fingerprint density at radius 1 is 1.17 bits per heavy atom. The molecule has 0 heterocycles. The fraction of sp³-hybridized carbons (Fsp3) is 0.579. The largest absolute Gasteiger partial charge is 0.497 e. The minimum absolute atomic E-state index is 0.118. The van der Waals surface area contributed by atoms with Gasteiger partial charge in [0.05, 0.1) is 12.9 Å². The summed E-state index contributed by atoms with van der Waals surface area (Å²) in [4.78, 5) is 0. The summed E-state index contributed by atoms with van der Waals surface area (Å²) in [5, 5.41) is 0. The molecular formula is C19H30O4S. The van der Waals surface area contributed by atoms with E-state index in [9.17, 15) is 8.42 Å². The SMILES string of the molecule is COc1ccc(C[C@@H](/C=C/C(C)(C)C)CCCCS(=O)(=O)O)cc1. The predicted octanol–water partition coefficient (Wildman–Crippen LogP) is 4.51. The molecule has 0 saturated carbocycles. The third kappa shape index (κ3) is 9.73. The molecule has 0 saturated heterocycles. The molecular weight excluding hydrogens is 324 g/mol. The van der Waals surface area contributed by atoms with Crippen LogP contribution in [0.1, 0.15) is 45.6 Å². The van der Waals surface area contributed by atoms with Crippen molar-refractivity contribution in [1.29, 1.82) is 0 Å². The lowest BCUT2D eigenvalue weighted by atomic mass is 9.89. The number of unbranched alkanes of at least 4 members (excludes halogenated alkanes) is 1. The van der Waals surface area contributed by atoms with Crippen molar-refractivity contribution in [2.75, 3.05) is 12.9 Å². The summed E-state index contributed by atoms with van der Waals surface area (Å²) in [6.45, 7) is 6.48. The van der Waals surface area contributed by atoms with Crippen LogP contribution >= 0.6 is 0 Å². The molecule has 1 aromatic carbocycles. The molecule has 1 N–H and O–H groups in total. The monoisotopic (exact) mass is 354 g/mol. The first-order valence-corrected chi connectivity index (χ1v) is 9.97. The van der Waals surface area contributed by atoms with Crippen LogP contribution in [0.3, 0.4) is 0 Å². The van der Waals surface area contributed by atoms with E-state index in [1.54, 1.807) is 7.11 Å². The van der Waals surface area contributed by atoms with E-state index in [-0.39, 0.29) is 11.2 Å². The van der Waals surface area contributed by atoms with Gasteiger partial charge in [0.1, 0.15) is 5.75 Å². The lowest BCUT2D eigenvalue weighted by Crippen LogP contribution is -2.07. The van der Waals surface area contributed by atoms with Crippen molar-refractivity contribution in [2.24, 2.45) is 11.3 Å². The van der Waals surface area contributed by atoms with E-state index in [4.69, 9.17) is 9.29 Å². The Balaban J connectivity index is 2.67. The van der Waals surface area contributed by atoms with E-state index in [0.29, 0.717) is 12.3 Å². The second-order valence-electron chi connectivity index (χ2n) is 7.32. The maximum absolute atomic E-state index is 10.8. The summed E-state index contributed by atoms with van der Waals surface area (Å²) >= 11 is 0. The van der Waals surface area contributed by atoms with Gasteiger partial charge in [0.15, 0.2) is 0 Å². The molecule has 24 heavy (non-hydrogen) atoms. The summed E-state index contributed by atoms with van der Waals surface area (Å²) in [5.41, 5.74) is 1.35. The van der Waals surface area contributed by atoms with Gasteiger partial charge in [-0.2, -0.15) is 8.42 Å². The van der Waals surface area contributed by atoms with Gasteiger partial charge in [-0.05, 0) is 48.3 Å². The van der Waals surface area contributed by atoms with Crippen LogP contribution in [0.4, 0.5) is 0 Å². The summed E-state index contributed by atoms with van der Waals surface area (Å²) in [6, 6.07) is 8.04. The number of benzene rings is 1. The van der Waals surface area contributed by atoms with E-state index < -0.39 is 10.1 Å². The second-order valence-corrected chi connectivity index (χ2v) is 8.89. The first-order valence-electron chi connectivity index (χ1n) is 8.36. The lowest BCUT2D eigenvalue weighted by molar-refractivity contribution is 0.414. The summed E-state index contributed by atoms with van der Waals surface area (Å²) in [7, 11) is -2.20. The Morgan fingerprint density at radius 2 is 1.79 bits per heavy atom. The van der Waals surface area contributed by atoms with Gasteiger partial charge in [0.25, 0.3) is 10.1 Å². The highest BCUT2D eigenvalue weighted by Gasteiger charge is 2.11. The standard InChI is InChI=1S/C19H30O4S/c1-19(2,3)13-12-16(7-5-6-14-24(20,21)22)15-17-8-10-18(23-4)11-9-17/h8-13,16H,5-7,14-15H2,1-4H3,(H,20,21,22)/b13-12+/t16-/m1/s1. The first kappa shape index (κ1) is 20.7. The van der Waals surface area contributed by atoms with E-state index in [2.05, 4.69) is 45.1 Å². The summed E-state index contributed by atoms with van der Waals surface area (Å²) in [5.74, 6) is 1.03. The van der Waals surface area contributed by atoms with Crippen molar-refractivity contribution in [3.05, 3.63) is 42.0 Å². The van der Waals surface area contributed by atoms with Gasteiger partial charge in [-0.25, -0.2) is 0 Å². The smallest absolute Gasteiger partial charge is 0.264 e. The molecule has 0 spiro atoms. The minimum Gasteiger partial charge on any atom is -0.497 e. The Morgan fingerprint density at radius 3 is 2.29 bits per heavy atom. The van der Waals surface area contributed by atoms with Crippen molar-refractivity contribution in [2.45, 2.75) is 46.5 Å². The molecule has 0 aliphatic heterocycles. The van der Waals surface area contributed by atoms with Crippen LogP contribution in [0, 0.1) is 11.3 Å². The van der Waals surface area contributed by atoms with Gasteiger partial charge in [-0.15, -0.1) is 0 Å². The van der Waals surface area contributed by atoms with Crippen LogP contribution in [-0.4, -0.2) is 25.8 Å². The van der Waals surface area contributed by atoms with E-state index in [0.717, 1.165) is 25.0 Å². The quantitative estimate of drug-likeness (QED) is 0.402. The number of hydrogen-bond donors (Lipinski definition) is 1. The zero-order valence-electron chi connectivity index (χ0n) is 15.2. The van der Waals surface area contributed by atoms with Gasteiger partial charge < -0.3 is 4.74 Å². The van der Waals surface area contributed by atoms with Crippen LogP contribution in [-0.2, 0) is 16.5 Å². The Kier molecular flexibility index (Phi) is 7.97. The van der Waals surface area contributed by atoms with Crippen molar-refractivity contribution < 1.29 is 17.7 Å². The molecule has 0 unspecified atom stereocenters. The molecule has 0 aliphatic carbocycles. The van der Waals surface area contributed by atoms with E-state index >= 15 is 0 Å². The fourth-order valence-corrected chi connectivity index (χ4v) is 3.02. The fourth-order valence-electron chi connectivity index (χ4n) is 2.45. The average Bonchev–Trinajstić information content (AvgIpc) is 2.47.